The maximum absolute atomic E-state index is 14.5. The van der Waals surface area contributed by atoms with Gasteiger partial charge in [0.2, 0.25) is 0 Å². The first-order chi connectivity index (χ1) is 19.2. The lowest BCUT2D eigenvalue weighted by Crippen LogP contribution is -2.42. The fourth-order valence-corrected chi connectivity index (χ4v) is 6.05. The van der Waals surface area contributed by atoms with Gasteiger partial charge in [0.1, 0.15) is 0 Å². The highest BCUT2D eigenvalue weighted by molar-refractivity contribution is 5.86. The van der Waals surface area contributed by atoms with Gasteiger partial charge in [0.05, 0.1) is 35.7 Å². The smallest absolute Gasteiger partial charge is 0.381 e. The molecular weight excluding hydrogens is 525 g/mol. The third-order valence-corrected chi connectivity index (χ3v) is 8.16. The number of carbonyl (C=O) groups is 1. The van der Waals surface area contributed by atoms with E-state index < -0.39 is 11.7 Å². The van der Waals surface area contributed by atoms with E-state index in [-0.39, 0.29) is 17.6 Å². The summed E-state index contributed by atoms with van der Waals surface area (Å²) in [5.41, 5.74) is 2.85. The highest BCUT2D eigenvalue weighted by Gasteiger charge is 2.39. The predicted molar refractivity (Wildman–Crippen MR) is 144 cm³/mol. The lowest BCUT2D eigenvalue weighted by atomic mass is 9.97. The molecule has 3 aliphatic rings. The van der Waals surface area contributed by atoms with Crippen LogP contribution in [0.4, 0.5) is 35.2 Å². The van der Waals surface area contributed by atoms with Gasteiger partial charge in [-0.1, -0.05) is 0 Å². The molecule has 1 fully saturated rings. The largest absolute Gasteiger partial charge is 0.417 e. The zero-order valence-corrected chi connectivity index (χ0v) is 22.8. The number of likely N-dealkylation sites (N-methyl/N-ethyl adjacent to an activating group) is 1. The highest BCUT2D eigenvalue weighted by Crippen LogP contribution is 2.47. The van der Waals surface area contributed by atoms with Gasteiger partial charge in [0.25, 0.3) is 0 Å². The summed E-state index contributed by atoms with van der Waals surface area (Å²) in [5.74, 6) is 0.617. The van der Waals surface area contributed by atoms with Crippen molar-refractivity contribution in [2.45, 2.75) is 38.0 Å². The number of carbonyl (C=O) groups excluding carboxylic acids is 1. The number of ether oxygens (including phenoxy) is 1. The van der Waals surface area contributed by atoms with Gasteiger partial charge in [-0.05, 0) is 30.5 Å². The molecule has 40 heavy (non-hydrogen) atoms. The quantitative estimate of drug-likeness (QED) is 0.525. The molecule has 0 spiro atoms. The van der Waals surface area contributed by atoms with Gasteiger partial charge in [-0.3, -0.25) is 9.36 Å². The summed E-state index contributed by atoms with van der Waals surface area (Å²) in [4.78, 5) is 18.2. The fourth-order valence-electron chi connectivity index (χ4n) is 6.05. The maximum atomic E-state index is 14.5. The van der Waals surface area contributed by atoms with Crippen molar-refractivity contribution in [2.75, 3.05) is 56.7 Å². The Morgan fingerprint density at radius 2 is 1.88 bits per heavy atom. The van der Waals surface area contributed by atoms with Crippen molar-refractivity contribution in [3.05, 3.63) is 41.3 Å². The Balaban J connectivity index is 1.50. The zero-order valence-electron chi connectivity index (χ0n) is 22.8. The average Bonchev–Trinajstić information content (AvgIpc) is 3.55. The number of rotatable bonds is 3. The highest BCUT2D eigenvalue weighted by atomic mass is 19.4. The van der Waals surface area contributed by atoms with Crippen LogP contribution in [0.3, 0.4) is 0 Å². The number of alkyl halides is 3. The van der Waals surface area contributed by atoms with Gasteiger partial charge in [-0.2, -0.15) is 23.4 Å². The maximum Gasteiger partial charge on any atom is 0.417 e. The number of benzene rings is 1. The number of nitrogens with zero attached hydrogens (tertiary/aromatic N) is 7. The molecule has 13 heteroatoms. The fraction of sp³-hybridized carbons (Fsp3) is 0.519. The van der Waals surface area contributed by atoms with Gasteiger partial charge < -0.3 is 24.8 Å². The first-order valence-electron chi connectivity index (χ1n) is 13.5. The van der Waals surface area contributed by atoms with Gasteiger partial charge in [0.15, 0.2) is 5.82 Å². The number of nitrogens with one attached hydrogen (secondary N) is 1. The summed E-state index contributed by atoms with van der Waals surface area (Å²) in [6.07, 6.45) is 0.742. The molecule has 0 saturated carbocycles. The first kappa shape index (κ1) is 26.5. The molecule has 2 amide bonds. The number of hydrogen-bond acceptors (Lipinski definition) is 6. The number of amides is 2. The van der Waals surface area contributed by atoms with E-state index in [1.807, 2.05) is 16.8 Å². The van der Waals surface area contributed by atoms with Crippen molar-refractivity contribution >= 4 is 23.2 Å². The average molecular weight is 559 g/mol. The third-order valence-electron chi connectivity index (χ3n) is 8.16. The molecule has 214 valence electrons. The molecule has 0 unspecified atom stereocenters. The van der Waals surface area contributed by atoms with E-state index in [0.717, 1.165) is 24.1 Å². The Bertz CT molecular complexity index is 1430. The van der Waals surface area contributed by atoms with Crippen LogP contribution in [0.2, 0.25) is 0 Å². The van der Waals surface area contributed by atoms with E-state index in [0.29, 0.717) is 68.6 Å². The monoisotopic (exact) mass is 558 g/mol. The van der Waals surface area contributed by atoms with E-state index >= 15 is 0 Å². The topological polar surface area (TPSA) is 83.7 Å². The number of aromatic nitrogens is 4. The van der Waals surface area contributed by atoms with Crippen LogP contribution in [-0.4, -0.2) is 77.4 Å². The van der Waals surface area contributed by atoms with E-state index in [2.05, 4.69) is 15.1 Å². The number of urea groups is 1. The van der Waals surface area contributed by atoms with E-state index in [1.54, 1.807) is 31.3 Å². The van der Waals surface area contributed by atoms with Gasteiger partial charge >= 0.3 is 12.2 Å². The van der Waals surface area contributed by atoms with Crippen molar-refractivity contribution in [3.63, 3.8) is 0 Å². The zero-order chi connectivity index (χ0) is 28.2. The van der Waals surface area contributed by atoms with Crippen LogP contribution < -0.4 is 15.1 Å². The molecule has 5 heterocycles. The number of fused-ring (bicyclic) bond motifs is 2. The van der Waals surface area contributed by atoms with Crippen LogP contribution >= 0.6 is 0 Å². The normalized spacial score (nSPS) is 18.1. The Hall–Kier alpha value is -3.74. The second-order valence-corrected chi connectivity index (χ2v) is 10.6. The summed E-state index contributed by atoms with van der Waals surface area (Å²) >= 11 is 0. The van der Waals surface area contributed by atoms with Crippen molar-refractivity contribution in [1.29, 1.82) is 0 Å². The van der Waals surface area contributed by atoms with Crippen molar-refractivity contribution in [1.82, 2.24) is 29.8 Å². The lowest BCUT2D eigenvalue weighted by Gasteiger charge is -2.38. The molecule has 0 radical (unpaired) electrons. The van der Waals surface area contributed by atoms with Crippen LogP contribution in [0, 0.1) is 0 Å². The summed E-state index contributed by atoms with van der Waals surface area (Å²) in [7, 11) is 5.17. The number of aryl methyl sites for hydroxylation is 1. The molecule has 10 nitrogen and oxygen atoms in total. The van der Waals surface area contributed by atoms with Crippen LogP contribution in [0.15, 0.2) is 24.5 Å². The molecule has 0 atom stereocenters. The summed E-state index contributed by atoms with van der Waals surface area (Å²) in [5, 5.41) is 11.9. The van der Waals surface area contributed by atoms with E-state index in [1.165, 1.54) is 16.9 Å². The van der Waals surface area contributed by atoms with Gasteiger partial charge in [0, 0.05) is 83.4 Å². The molecule has 0 bridgehead atoms. The predicted octanol–water partition coefficient (Wildman–Crippen LogP) is 3.94. The summed E-state index contributed by atoms with van der Waals surface area (Å²) < 4.78 is 52.6. The molecule has 6 rings (SSSR count). The second-order valence-electron chi connectivity index (χ2n) is 10.6. The number of anilines is 3. The first-order valence-corrected chi connectivity index (χ1v) is 13.5. The summed E-state index contributed by atoms with van der Waals surface area (Å²) in [6, 6.07) is 2.81. The molecule has 3 aliphatic heterocycles. The molecule has 1 aromatic carbocycles. The second kappa shape index (κ2) is 10.0. The molecule has 1 saturated heterocycles. The standard InChI is InChI=1S/C27H33F3N8O2/c1-31-26(39)36-7-4-22-20(16-36)25(33-38(22)18-5-10-40-11-6-18)37-9-8-34(2)23-12-19(17-14-32-35(3)15-17)21(13-24(23)37)27(28,29)30/h12-15,18H,4-11,16H2,1-3H3,(H,31,39). The van der Waals surface area contributed by atoms with Crippen molar-refractivity contribution < 1.29 is 22.7 Å². The van der Waals surface area contributed by atoms with Gasteiger partial charge in [-0.25, -0.2) is 4.79 Å². The van der Waals surface area contributed by atoms with Crippen LogP contribution in [0.1, 0.15) is 35.7 Å². The Morgan fingerprint density at radius 1 is 1.10 bits per heavy atom. The van der Waals surface area contributed by atoms with Crippen LogP contribution in [-0.2, 0) is 30.9 Å². The minimum atomic E-state index is -4.57. The van der Waals surface area contributed by atoms with E-state index in [9.17, 15) is 18.0 Å². The minimum Gasteiger partial charge on any atom is -0.381 e. The SMILES string of the molecule is CNC(=O)N1CCc2c(c(N3CCN(C)c4cc(-c5cnn(C)c5)c(C(F)(F)F)cc43)nn2C2CCOCC2)C1. The van der Waals surface area contributed by atoms with Crippen LogP contribution in [0.25, 0.3) is 11.1 Å². The van der Waals surface area contributed by atoms with E-state index in [4.69, 9.17) is 9.84 Å². The minimum absolute atomic E-state index is 0.0913. The van der Waals surface area contributed by atoms with Crippen molar-refractivity contribution in [2.24, 2.45) is 7.05 Å². The van der Waals surface area contributed by atoms with Crippen molar-refractivity contribution in [3.8, 4) is 11.1 Å². The lowest BCUT2D eigenvalue weighted by molar-refractivity contribution is -0.137. The molecule has 3 aromatic rings. The molecule has 0 aliphatic carbocycles. The number of halogens is 3. The Morgan fingerprint density at radius 3 is 2.55 bits per heavy atom. The molecular formula is C27H33F3N8O2. The molecule has 2 aromatic heterocycles. The number of hydrogen-bond donors (Lipinski definition) is 1. The van der Waals surface area contributed by atoms with Gasteiger partial charge in [-0.15, -0.1) is 0 Å². The Labute approximate surface area is 230 Å². The third kappa shape index (κ3) is 4.55. The van der Waals surface area contributed by atoms with Crippen LogP contribution in [0.5, 0.6) is 0 Å². The Kier molecular flexibility index (Phi) is 6.64. The summed E-state index contributed by atoms with van der Waals surface area (Å²) in [6.45, 7) is 3.24. The molecule has 1 N–H and O–H groups in total.